The van der Waals surface area contributed by atoms with Gasteiger partial charge in [0.1, 0.15) is 5.52 Å². The van der Waals surface area contributed by atoms with E-state index in [9.17, 15) is 0 Å². The standard InChI is InChI=1S/C44H27NO3/c1-3-13-29(14-4-1)44(30-15-5-2-6-16-30)35-20-10-9-18-32(35)34-26-41-42(27-36(34)44)46-39-24-23-28(25-40(39)47-41)31-17-7-8-19-33(31)43-45-37-21-11-12-22-38(37)48-43/h1-27H. The number of para-hydroxylation sites is 2. The summed E-state index contributed by atoms with van der Waals surface area (Å²) in [5.74, 6) is 3.31. The SMILES string of the molecule is c1ccc(C2(c3ccccc3)c3ccccc3-c3cc4c(cc32)Oc2ccc(-c3ccccc3-c3nc5ccccc5o3)cc2O4)cc1. The zero-order chi connectivity index (χ0) is 31.7. The van der Waals surface area contributed by atoms with Crippen LogP contribution in [0.25, 0.3) is 44.8 Å². The minimum atomic E-state index is -0.509. The van der Waals surface area contributed by atoms with Crippen LogP contribution in [0.3, 0.4) is 0 Å². The molecular formula is C44H27NO3. The Morgan fingerprint density at radius 1 is 0.417 bits per heavy atom. The first-order chi connectivity index (χ1) is 23.8. The number of hydrogen-bond acceptors (Lipinski definition) is 4. The maximum atomic E-state index is 6.69. The lowest BCUT2D eigenvalue weighted by Crippen LogP contribution is -2.28. The third-order valence-corrected chi connectivity index (χ3v) is 9.67. The van der Waals surface area contributed by atoms with Gasteiger partial charge in [-0.15, -0.1) is 0 Å². The quantitative estimate of drug-likeness (QED) is 0.197. The van der Waals surface area contributed by atoms with Crippen molar-refractivity contribution in [3.8, 4) is 56.7 Å². The molecule has 0 saturated carbocycles. The van der Waals surface area contributed by atoms with Gasteiger partial charge in [0, 0.05) is 5.56 Å². The van der Waals surface area contributed by atoms with Gasteiger partial charge in [-0.1, -0.05) is 121 Å². The monoisotopic (exact) mass is 617 g/mol. The minimum Gasteiger partial charge on any atom is -0.450 e. The first-order valence-corrected chi connectivity index (χ1v) is 16.1. The van der Waals surface area contributed by atoms with Gasteiger partial charge in [0.05, 0.1) is 5.41 Å². The van der Waals surface area contributed by atoms with Crippen molar-refractivity contribution in [1.29, 1.82) is 0 Å². The van der Waals surface area contributed by atoms with E-state index in [0.717, 1.165) is 33.4 Å². The average Bonchev–Trinajstić information content (AvgIpc) is 3.71. The fourth-order valence-corrected chi connectivity index (χ4v) is 7.59. The van der Waals surface area contributed by atoms with Crippen molar-refractivity contribution in [3.05, 3.63) is 186 Å². The Hall–Kier alpha value is -6.39. The molecule has 0 amide bonds. The number of rotatable bonds is 4. The number of benzene rings is 7. The maximum absolute atomic E-state index is 6.69. The van der Waals surface area contributed by atoms with Crippen LogP contribution in [0.2, 0.25) is 0 Å². The van der Waals surface area contributed by atoms with E-state index in [-0.39, 0.29) is 0 Å². The van der Waals surface area contributed by atoms with E-state index in [1.165, 1.54) is 27.8 Å². The fourth-order valence-electron chi connectivity index (χ4n) is 7.59. The van der Waals surface area contributed by atoms with E-state index in [0.29, 0.717) is 28.9 Å². The molecule has 8 aromatic rings. The van der Waals surface area contributed by atoms with Gasteiger partial charge in [-0.05, 0) is 87.0 Å². The summed E-state index contributed by atoms with van der Waals surface area (Å²) in [6.45, 7) is 0. The minimum absolute atomic E-state index is 0.509. The van der Waals surface area contributed by atoms with Crippen LogP contribution in [-0.4, -0.2) is 4.98 Å². The van der Waals surface area contributed by atoms with Gasteiger partial charge in [0.2, 0.25) is 5.89 Å². The molecule has 0 atom stereocenters. The van der Waals surface area contributed by atoms with Crippen LogP contribution in [-0.2, 0) is 5.41 Å². The molecule has 2 heterocycles. The highest BCUT2D eigenvalue weighted by Gasteiger charge is 2.47. The zero-order valence-electron chi connectivity index (χ0n) is 25.8. The summed E-state index contributed by atoms with van der Waals surface area (Å²) in [5, 5.41) is 0. The normalized spacial score (nSPS) is 13.5. The topological polar surface area (TPSA) is 44.5 Å². The molecule has 2 aliphatic rings. The highest BCUT2D eigenvalue weighted by atomic mass is 16.6. The van der Waals surface area contributed by atoms with Crippen molar-refractivity contribution in [2.24, 2.45) is 0 Å². The Bertz CT molecular complexity index is 2440. The van der Waals surface area contributed by atoms with Crippen LogP contribution in [0.5, 0.6) is 23.0 Å². The summed E-state index contributed by atoms with van der Waals surface area (Å²) in [4.78, 5) is 4.77. The van der Waals surface area contributed by atoms with E-state index < -0.39 is 5.41 Å². The van der Waals surface area contributed by atoms with Gasteiger partial charge in [-0.2, -0.15) is 0 Å². The molecule has 1 aliphatic carbocycles. The van der Waals surface area contributed by atoms with Gasteiger partial charge in [-0.3, -0.25) is 0 Å². The molecule has 0 fully saturated rings. The number of hydrogen-bond donors (Lipinski definition) is 0. The van der Waals surface area contributed by atoms with Crippen molar-refractivity contribution < 1.29 is 13.9 Å². The highest BCUT2D eigenvalue weighted by molar-refractivity contribution is 5.89. The number of oxazole rings is 1. The molecule has 48 heavy (non-hydrogen) atoms. The van der Waals surface area contributed by atoms with Gasteiger partial charge < -0.3 is 13.9 Å². The van der Waals surface area contributed by atoms with Crippen molar-refractivity contribution in [2.75, 3.05) is 0 Å². The van der Waals surface area contributed by atoms with Crippen LogP contribution in [0.1, 0.15) is 22.3 Å². The molecular weight excluding hydrogens is 590 g/mol. The van der Waals surface area contributed by atoms with Crippen LogP contribution in [0.15, 0.2) is 168 Å². The van der Waals surface area contributed by atoms with E-state index in [1.807, 2.05) is 54.6 Å². The smallest absolute Gasteiger partial charge is 0.227 e. The second-order valence-corrected chi connectivity index (χ2v) is 12.3. The molecule has 0 bridgehead atoms. The first kappa shape index (κ1) is 26.8. The third-order valence-electron chi connectivity index (χ3n) is 9.67. The van der Waals surface area contributed by atoms with Crippen LogP contribution in [0, 0.1) is 0 Å². The summed E-state index contributed by atoms with van der Waals surface area (Å²) in [6.07, 6.45) is 0. The number of aromatic nitrogens is 1. The first-order valence-electron chi connectivity index (χ1n) is 16.1. The third kappa shape index (κ3) is 3.86. The molecule has 0 spiro atoms. The molecule has 4 nitrogen and oxygen atoms in total. The highest BCUT2D eigenvalue weighted by Crippen LogP contribution is 2.59. The molecule has 1 aliphatic heterocycles. The number of ether oxygens (including phenoxy) is 2. The van der Waals surface area contributed by atoms with E-state index in [1.54, 1.807) is 0 Å². The summed E-state index contributed by atoms with van der Waals surface area (Å²) >= 11 is 0. The average molecular weight is 618 g/mol. The molecule has 7 aromatic carbocycles. The Morgan fingerprint density at radius 2 is 1.02 bits per heavy atom. The Morgan fingerprint density at radius 3 is 1.79 bits per heavy atom. The van der Waals surface area contributed by atoms with Crippen LogP contribution < -0.4 is 9.47 Å². The van der Waals surface area contributed by atoms with E-state index >= 15 is 0 Å². The van der Waals surface area contributed by atoms with Crippen molar-refractivity contribution in [3.63, 3.8) is 0 Å². The predicted molar refractivity (Wildman–Crippen MR) is 189 cm³/mol. The second kappa shape index (κ2) is 10.3. The van der Waals surface area contributed by atoms with Crippen molar-refractivity contribution in [2.45, 2.75) is 5.41 Å². The summed E-state index contributed by atoms with van der Waals surface area (Å²) in [7, 11) is 0. The molecule has 4 heteroatoms. The molecule has 0 N–H and O–H groups in total. The van der Waals surface area contributed by atoms with Crippen LogP contribution >= 0.6 is 0 Å². The summed E-state index contributed by atoms with van der Waals surface area (Å²) in [5.41, 5.74) is 11.2. The van der Waals surface area contributed by atoms with E-state index in [4.69, 9.17) is 18.9 Å². The van der Waals surface area contributed by atoms with Gasteiger partial charge in [0.15, 0.2) is 28.6 Å². The second-order valence-electron chi connectivity index (χ2n) is 12.3. The fraction of sp³-hybridized carbons (Fsp3) is 0.0227. The maximum Gasteiger partial charge on any atom is 0.227 e. The van der Waals surface area contributed by atoms with Gasteiger partial charge in [-0.25, -0.2) is 4.98 Å². The summed E-state index contributed by atoms with van der Waals surface area (Å²) in [6, 6.07) is 56.7. The largest absolute Gasteiger partial charge is 0.450 e. The molecule has 10 rings (SSSR count). The number of fused-ring (bicyclic) bond motifs is 6. The van der Waals surface area contributed by atoms with E-state index in [2.05, 4.69) is 109 Å². The zero-order valence-corrected chi connectivity index (χ0v) is 25.8. The summed E-state index contributed by atoms with van der Waals surface area (Å²) < 4.78 is 19.5. The number of nitrogens with zero attached hydrogens (tertiary/aromatic N) is 1. The Kier molecular flexibility index (Phi) is 5.75. The lowest BCUT2D eigenvalue weighted by Gasteiger charge is -2.34. The molecule has 226 valence electrons. The van der Waals surface area contributed by atoms with Gasteiger partial charge in [0.25, 0.3) is 0 Å². The van der Waals surface area contributed by atoms with Crippen molar-refractivity contribution >= 4 is 11.1 Å². The molecule has 0 unspecified atom stereocenters. The lowest BCUT2D eigenvalue weighted by molar-refractivity contribution is 0.359. The molecule has 0 saturated heterocycles. The molecule has 0 radical (unpaired) electrons. The Labute approximate surface area is 277 Å². The molecule has 1 aromatic heterocycles. The Balaban J connectivity index is 1.10. The lowest BCUT2D eigenvalue weighted by atomic mass is 9.67. The predicted octanol–water partition coefficient (Wildman–Crippen LogP) is 11.4. The van der Waals surface area contributed by atoms with Crippen LogP contribution in [0.4, 0.5) is 0 Å². The van der Waals surface area contributed by atoms with Crippen molar-refractivity contribution in [1.82, 2.24) is 4.98 Å². The van der Waals surface area contributed by atoms with Gasteiger partial charge >= 0.3 is 0 Å².